The Kier molecular flexibility index (Phi) is 3.57. The molecule has 8 nitrogen and oxygen atoms in total. The van der Waals surface area contributed by atoms with Gasteiger partial charge in [0.1, 0.15) is 5.82 Å². The van der Waals surface area contributed by atoms with Gasteiger partial charge in [-0.2, -0.15) is 28.6 Å². The van der Waals surface area contributed by atoms with Gasteiger partial charge in [0.05, 0.1) is 29.0 Å². The Morgan fingerprint density at radius 3 is 2.71 bits per heavy atom. The zero-order chi connectivity index (χ0) is 21.3. The smallest absolute Gasteiger partial charge is 0.275 e. The highest BCUT2D eigenvalue weighted by atomic mass is 19.3. The van der Waals surface area contributed by atoms with Crippen molar-refractivity contribution in [1.82, 2.24) is 39.4 Å². The lowest BCUT2D eigenvalue weighted by atomic mass is 10.0. The summed E-state index contributed by atoms with van der Waals surface area (Å²) in [6.07, 6.45) is 7.17. The van der Waals surface area contributed by atoms with Crippen molar-refractivity contribution in [1.29, 1.82) is 0 Å². The third-order valence-electron chi connectivity index (χ3n) is 5.41. The Labute approximate surface area is 172 Å². The Balaban J connectivity index is 1.47. The van der Waals surface area contributed by atoms with Crippen LogP contribution in [0.4, 0.5) is 13.2 Å². The number of rotatable bonds is 4. The molecule has 0 aliphatic heterocycles. The molecule has 0 radical (unpaired) electrons. The van der Waals surface area contributed by atoms with Crippen molar-refractivity contribution < 1.29 is 13.2 Å². The number of hydrogen-bond acceptors (Lipinski definition) is 5. The van der Waals surface area contributed by atoms with E-state index in [0.29, 0.717) is 28.2 Å². The fraction of sp³-hybridized carbons (Fsp3) is 0.250. The second-order valence-electron chi connectivity index (χ2n) is 7.72. The van der Waals surface area contributed by atoms with E-state index in [0.717, 1.165) is 29.5 Å². The summed E-state index contributed by atoms with van der Waals surface area (Å²) in [5.74, 6) is -5.60. The predicted molar refractivity (Wildman–Crippen MR) is 104 cm³/mol. The van der Waals surface area contributed by atoms with Crippen molar-refractivity contribution in [3.8, 4) is 11.3 Å². The fourth-order valence-corrected chi connectivity index (χ4v) is 3.68. The molecule has 4 heterocycles. The Morgan fingerprint density at radius 1 is 1.06 bits per heavy atom. The van der Waals surface area contributed by atoms with E-state index in [2.05, 4.69) is 25.5 Å². The molecule has 156 valence electrons. The van der Waals surface area contributed by atoms with Gasteiger partial charge >= 0.3 is 5.92 Å². The van der Waals surface area contributed by atoms with E-state index >= 15 is 8.78 Å². The Morgan fingerprint density at radius 2 is 1.90 bits per heavy atom. The zero-order valence-electron chi connectivity index (χ0n) is 16.2. The monoisotopic (exact) mass is 424 g/mol. The molecule has 0 atom stereocenters. The predicted octanol–water partition coefficient (Wildman–Crippen LogP) is 3.49. The summed E-state index contributed by atoms with van der Waals surface area (Å²) in [7, 11) is 1.64. The second kappa shape index (κ2) is 6.13. The number of aryl methyl sites for hydroxylation is 1. The third kappa shape index (κ3) is 2.80. The number of hydrogen-bond donors (Lipinski definition) is 0. The van der Waals surface area contributed by atoms with Gasteiger partial charge in [-0.15, -0.1) is 10.2 Å². The van der Waals surface area contributed by atoms with Crippen LogP contribution in [0.2, 0.25) is 0 Å². The van der Waals surface area contributed by atoms with Crippen LogP contribution in [0.25, 0.3) is 27.8 Å². The highest BCUT2D eigenvalue weighted by Crippen LogP contribution is 2.38. The molecular formula is C20H15F3N8. The molecule has 0 spiro atoms. The van der Waals surface area contributed by atoms with Crippen molar-refractivity contribution in [2.24, 2.45) is 7.05 Å². The number of nitrogens with zero attached hydrogens (tertiary/aromatic N) is 8. The van der Waals surface area contributed by atoms with Crippen LogP contribution in [-0.4, -0.2) is 39.4 Å². The zero-order valence-corrected chi connectivity index (χ0v) is 16.2. The van der Waals surface area contributed by atoms with Gasteiger partial charge in [0.15, 0.2) is 5.65 Å². The quantitative estimate of drug-likeness (QED) is 0.441. The molecule has 1 fully saturated rings. The van der Waals surface area contributed by atoms with Gasteiger partial charge in [-0.25, -0.2) is 4.39 Å². The summed E-state index contributed by atoms with van der Waals surface area (Å²) in [5.41, 5.74) is 0.754. The summed E-state index contributed by atoms with van der Waals surface area (Å²) < 4.78 is 49.8. The van der Waals surface area contributed by atoms with Gasteiger partial charge in [-0.05, 0) is 31.0 Å². The van der Waals surface area contributed by atoms with Crippen LogP contribution < -0.4 is 0 Å². The molecule has 0 unspecified atom stereocenters. The molecule has 4 aromatic heterocycles. The van der Waals surface area contributed by atoms with E-state index < -0.39 is 23.1 Å². The van der Waals surface area contributed by atoms with Gasteiger partial charge in [0, 0.05) is 36.5 Å². The van der Waals surface area contributed by atoms with Crippen LogP contribution in [0, 0.1) is 5.82 Å². The van der Waals surface area contributed by atoms with Gasteiger partial charge in [0.25, 0.3) is 0 Å². The Bertz CT molecular complexity index is 1460. The summed E-state index contributed by atoms with van der Waals surface area (Å²) in [6, 6.07) is 5.68. The first-order chi connectivity index (χ1) is 14.9. The number of aromatic nitrogens is 8. The molecule has 0 saturated heterocycles. The summed E-state index contributed by atoms with van der Waals surface area (Å²) in [6.45, 7) is 0. The van der Waals surface area contributed by atoms with Crippen LogP contribution in [0.5, 0.6) is 0 Å². The molecule has 11 heteroatoms. The first-order valence-corrected chi connectivity index (χ1v) is 9.69. The van der Waals surface area contributed by atoms with Crippen LogP contribution in [0.3, 0.4) is 0 Å². The standard InChI is InChI=1S/C20H15F3N8/c1-29-9-11-6-14(15(21)7-17(11)27-29)20(22,23)19-26-25-18-5-4-16(28-31(18)19)12-8-24-30(10-12)13-2-3-13/h4-10,13H,2-3H2,1H3. The third-order valence-corrected chi connectivity index (χ3v) is 5.41. The minimum atomic E-state index is -3.77. The minimum Gasteiger partial charge on any atom is -0.275 e. The molecule has 0 amide bonds. The lowest BCUT2D eigenvalue weighted by Crippen LogP contribution is -2.22. The second-order valence-corrected chi connectivity index (χ2v) is 7.72. The maximum atomic E-state index is 15.5. The van der Waals surface area contributed by atoms with Gasteiger partial charge in [-0.3, -0.25) is 9.36 Å². The number of halogens is 3. The van der Waals surface area contributed by atoms with Crippen molar-refractivity contribution in [2.45, 2.75) is 24.8 Å². The van der Waals surface area contributed by atoms with Crippen molar-refractivity contribution >= 4 is 16.6 Å². The van der Waals surface area contributed by atoms with E-state index in [9.17, 15) is 4.39 Å². The van der Waals surface area contributed by atoms with E-state index in [1.165, 1.54) is 4.68 Å². The lowest BCUT2D eigenvalue weighted by molar-refractivity contribution is 0.0270. The van der Waals surface area contributed by atoms with E-state index in [4.69, 9.17) is 0 Å². The molecule has 6 rings (SSSR count). The molecule has 0 bridgehead atoms. The van der Waals surface area contributed by atoms with Crippen molar-refractivity contribution in [2.75, 3.05) is 0 Å². The van der Waals surface area contributed by atoms with E-state index in [-0.39, 0.29) is 5.65 Å². The average Bonchev–Trinajstić information content (AvgIpc) is 3.15. The average molecular weight is 424 g/mol. The van der Waals surface area contributed by atoms with Gasteiger partial charge < -0.3 is 0 Å². The fourth-order valence-electron chi connectivity index (χ4n) is 3.68. The maximum Gasteiger partial charge on any atom is 0.336 e. The van der Waals surface area contributed by atoms with E-state index in [1.807, 2.05) is 10.9 Å². The summed E-state index contributed by atoms with van der Waals surface area (Å²) in [4.78, 5) is 0. The summed E-state index contributed by atoms with van der Waals surface area (Å²) in [5, 5.41) is 20.5. The largest absolute Gasteiger partial charge is 0.336 e. The molecule has 0 N–H and O–H groups in total. The molecule has 31 heavy (non-hydrogen) atoms. The molecule has 1 aliphatic carbocycles. The Hall–Kier alpha value is -3.76. The maximum absolute atomic E-state index is 15.5. The van der Waals surface area contributed by atoms with E-state index in [1.54, 1.807) is 31.6 Å². The molecule has 1 aromatic carbocycles. The van der Waals surface area contributed by atoms with Crippen LogP contribution in [0.15, 0.2) is 42.9 Å². The number of benzene rings is 1. The van der Waals surface area contributed by atoms with Gasteiger partial charge in [0.2, 0.25) is 5.82 Å². The highest BCUT2D eigenvalue weighted by Gasteiger charge is 2.42. The molecule has 1 aliphatic rings. The molecular weight excluding hydrogens is 409 g/mol. The van der Waals surface area contributed by atoms with Crippen molar-refractivity contribution in [3.05, 3.63) is 60.1 Å². The normalized spacial score (nSPS) is 14.7. The van der Waals surface area contributed by atoms with Gasteiger partial charge in [-0.1, -0.05) is 0 Å². The number of alkyl halides is 2. The minimum absolute atomic E-state index is 0.135. The topological polar surface area (TPSA) is 78.7 Å². The van der Waals surface area contributed by atoms with Crippen LogP contribution >= 0.6 is 0 Å². The molecule has 5 aromatic rings. The first-order valence-electron chi connectivity index (χ1n) is 9.69. The SMILES string of the molecule is Cn1cc2cc(C(F)(F)c3nnc4ccc(-c5cnn(C6CC6)c5)nn34)c(F)cc2n1. The van der Waals surface area contributed by atoms with Crippen LogP contribution in [-0.2, 0) is 13.0 Å². The first kappa shape index (κ1) is 18.0. The van der Waals surface area contributed by atoms with Crippen molar-refractivity contribution in [3.63, 3.8) is 0 Å². The lowest BCUT2D eigenvalue weighted by Gasteiger charge is -2.15. The summed E-state index contributed by atoms with van der Waals surface area (Å²) >= 11 is 0. The number of fused-ring (bicyclic) bond motifs is 2. The highest BCUT2D eigenvalue weighted by molar-refractivity contribution is 5.79. The van der Waals surface area contributed by atoms with Crippen LogP contribution in [0.1, 0.15) is 30.3 Å². The molecule has 1 saturated carbocycles.